The van der Waals surface area contributed by atoms with E-state index in [4.69, 9.17) is 0 Å². The quantitative estimate of drug-likeness (QED) is 0.604. The van der Waals surface area contributed by atoms with Gasteiger partial charge in [0.05, 0.1) is 11.9 Å². The zero-order chi connectivity index (χ0) is 19.9. The number of halogens is 1. The van der Waals surface area contributed by atoms with Crippen molar-refractivity contribution in [2.45, 2.75) is 13.5 Å². The number of aromatic nitrogens is 1. The summed E-state index contributed by atoms with van der Waals surface area (Å²) in [6, 6.07) is 16.4. The third-order valence-electron chi connectivity index (χ3n) is 3.85. The van der Waals surface area contributed by atoms with E-state index in [2.05, 4.69) is 20.9 Å². The van der Waals surface area contributed by atoms with Crippen LogP contribution in [0.2, 0.25) is 0 Å². The van der Waals surface area contributed by atoms with E-state index in [-0.39, 0.29) is 23.3 Å². The Morgan fingerprint density at radius 3 is 2.29 bits per heavy atom. The van der Waals surface area contributed by atoms with Gasteiger partial charge in [-0.1, -0.05) is 18.2 Å². The minimum atomic E-state index is -0.356. The Kier molecular flexibility index (Phi) is 5.96. The van der Waals surface area contributed by atoms with Gasteiger partial charge in [0.2, 0.25) is 5.91 Å². The highest BCUT2D eigenvalue weighted by atomic mass is 19.1. The van der Waals surface area contributed by atoms with Crippen LogP contribution in [-0.4, -0.2) is 16.8 Å². The average molecular weight is 378 g/mol. The fourth-order valence-corrected chi connectivity index (χ4v) is 2.51. The zero-order valence-electron chi connectivity index (χ0n) is 15.2. The van der Waals surface area contributed by atoms with E-state index in [1.165, 1.54) is 19.1 Å². The number of amides is 2. The molecule has 0 saturated heterocycles. The molecule has 1 heterocycles. The smallest absolute Gasteiger partial charge is 0.274 e. The van der Waals surface area contributed by atoms with Gasteiger partial charge in [-0.05, 0) is 48.0 Å². The Labute approximate surface area is 161 Å². The first-order chi connectivity index (χ1) is 13.5. The molecule has 142 valence electrons. The Morgan fingerprint density at radius 2 is 1.64 bits per heavy atom. The summed E-state index contributed by atoms with van der Waals surface area (Å²) in [5.41, 5.74) is 3.09. The van der Waals surface area contributed by atoms with Gasteiger partial charge in [0.25, 0.3) is 5.91 Å². The molecule has 0 fully saturated rings. The summed E-state index contributed by atoms with van der Waals surface area (Å²) in [5, 5.41) is 8.57. The van der Waals surface area contributed by atoms with E-state index in [0.717, 1.165) is 11.3 Å². The van der Waals surface area contributed by atoms with Crippen LogP contribution in [0.4, 0.5) is 21.5 Å². The lowest BCUT2D eigenvalue weighted by atomic mass is 10.2. The molecule has 0 spiro atoms. The van der Waals surface area contributed by atoms with Gasteiger partial charge in [0, 0.05) is 24.8 Å². The SMILES string of the molecule is CC(=O)Nc1cccc(NC(=O)c2ccc(NCc3ccc(F)cc3)cn2)c1. The summed E-state index contributed by atoms with van der Waals surface area (Å²) in [5.74, 6) is -0.817. The van der Waals surface area contributed by atoms with Crippen LogP contribution in [0.5, 0.6) is 0 Å². The first kappa shape index (κ1) is 19.0. The predicted molar refractivity (Wildman–Crippen MR) is 107 cm³/mol. The van der Waals surface area contributed by atoms with Crippen molar-refractivity contribution in [2.24, 2.45) is 0 Å². The highest BCUT2D eigenvalue weighted by Gasteiger charge is 2.08. The van der Waals surface area contributed by atoms with E-state index < -0.39 is 0 Å². The fourth-order valence-electron chi connectivity index (χ4n) is 2.51. The van der Waals surface area contributed by atoms with Crippen LogP contribution in [0.1, 0.15) is 23.0 Å². The second kappa shape index (κ2) is 8.77. The fraction of sp³-hybridized carbons (Fsp3) is 0.0952. The number of carbonyl (C=O) groups is 2. The summed E-state index contributed by atoms with van der Waals surface area (Å²) in [4.78, 5) is 27.6. The van der Waals surface area contributed by atoms with Gasteiger partial charge >= 0.3 is 0 Å². The second-order valence-corrected chi connectivity index (χ2v) is 6.13. The van der Waals surface area contributed by atoms with Gasteiger partial charge in [-0.25, -0.2) is 9.37 Å². The maximum Gasteiger partial charge on any atom is 0.274 e. The van der Waals surface area contributed by atoms with Crippen molar-refractivity contribution in [3.05, 3.63) is 83.9 Å². The number of pyridine rings is 1. The minimum absolute atomic E-state index is 0.186. The van der Waals surface area contributed by atoms with E-state index in [0.29, 0.717) is 17.9 Å². The molecule has 0 bridgehead atoms. The summed E-state index contributed by atoms with van der Waals surface area (Å²) < 4.78 is 12.9. The van der Waals surface area contributed by atoms with Crippen LogP contribution < -0.4 is 16.0 Å². The third kappa shape index (κ3) is 5.38. The number of carbonyl (C=O) groups excluding carboxylic acids is 2. The van der Waals surface area contributed by atoms with Gasteiger partial charge in [0.1, 0.15) is 11.5 Å². The van der Waals surface area contributed by atoms with Crippen molar-refractivity contribution in [1.82, 2.24) is 4.98 Å². The monoisotopic (exact) mass is 378 g/mol. The molecule has 0 radical (unpaired) electrons. The van der Waals surface area contributed by atoms with Crippen LogP contribution in [0.3, 0.4) is 0 Å². The normalized spacial score (nSPS) is 10.2. The van der Waals surface area contributed by atoms with E-state index in [1.54, 1.807) is 54.7 Å². The molecule has 28 heavy (non-hydrogen) atoms. The second-order valence-electron chi connectivity index (χ2n) is 6.13. The van der Waals surface area contributed by atoms with Crippen molar-refractivity contribution in [3.8, 4) is 0 Å². The number of benzene rings is 2. The Morgan fingerprint density at radius 1 is 0.929 bits per heavy atom. The van der Waals surface area contributed by atoms with Crippen molar-refractivity contribution >= 4 is 28.9 Å². The van der Waals surface area contributed by atoms with Gasteiger partial charge in [0.15, 0.2) is 0 Å². The molecule has 0 aliphatic carbocycles. The first-order valence-electron chi connectivity index (χ1n) is 8.63. The number of nitrogens with zero attached hydrogens (tertiary/aromatic N) is 1. The van der Waals surface area contributed by atoms with Crippen LogP contribution >= 0.6 is 0 Å². The molecule has 2 aromatic carbocycles. The van der Waals surface area contributed by atoms with Crippen LogP contribution in [0, 0.1) is 5.82 Å². The number of nitrogens with one attached hydrogen (secondary N) is 3. The molecule has 0 aliphatic heterocycles. The Bertz CT molecular complexity index is 972. The number of rotatable bonds is 6. The lowest BCUT2D eigenvalue weighted by Crippen LogP contribution is -2.14. The topological polar surface area (TPSA) is 83.1 Å². The molecular formula is C21H19FN4O2. The van der Waals surface area contributed by atoms with E-state index >= 15 is 0 Å². The maximum atomic E-state index is 12.9. The molecule has 0 unspecified atom stereocenters. The zero-order valence-corrected chi connectivity index (χ0v) is 15.2. The molecule has 7 heteroatoms. The molecule has 0 atom stereocenters. The summed E-state index contributed by atoms with van der Waals surface area (Å²) >= 11 is 0. The van der Waals surface area contributed by atoms with Gasteiger partial charge in [-0.3, -0.25) is 9.59 Å². The van der Waals surface area contributed by atoms with E-state index in [9.17, 15) is 14.0 Å². The van der Waals surface area contributed by atoms with Crippen LogP contribution in [0.25, 0.3) is 0 Å². The first-order valence-corrected chi connectivity index (χ1v) is 8.63. The number of hydrogen-bond donors (Lipinski definition) is 3. The lowest BCUT2D eigenvalue weighted by Gasteiger charge is -2.09. The minimum Gasteiger partial charge on any atom is -0.380 e. The highest BCUT2D eigenvalue weighted by Crippen LogP contribution is 2.16. The van der Waals surface area contributed by atoms with Crippen molar-refractivity contribution in [2.75, 3.05) is 16.0 Å². The molecule has 3 aromatic rings. The molecule has 1 aromatic heterocycles. The average Bonchev–Trinajstić information content (AvgIpc) is 2.68. The highest BCUT2D eigenvalue weighted by molar-refractivity contribution is 6.03. The molecule has 0 aliphatic rings. The largest absolute Gasteiger partial charge is 0.380 e. The molecule has 2 amide bonds. The van der Waals surface area contributed by atoms with Crippen LogP contribution in [-0.2, 0) is 11.3 Å². The molecule has 3 rings (SSSR count). The summed E-state index contributed by atoms with van der Waals surface area (Å²) in [7, 11) is 0. The molecule has 0 saturated carbocycles. The number of anilines is 3. The third-order valence-corrected chi connectivity index (χ3v) is 3.85. The molecule has 6 nitrogen and oxygen atoms in total. The molecule has 3 N–H and O–H groups in total. The van der Waals surface area contributed by atoms with E-state index in [1.807, 2.05) is 0 Å². The Balaban J connectivity index is 1.59. The maximum absolute atomic E-state index is 12.9. The van der Waals surface area contributed by atoms with Gasteiger partial charge in [-0.2, -0.15) is 0 Å². The van der Waals surface area contributed by atoms with Crippen molar-refractivity contribution in [3.63, 3.8) is 0 Å². The standard InChI is InChI=1S/C21H19FN4O2/c1-14(27)25-17-3-2-4-18(11-17)26-21(28)20-10-9-19(13-24-20)23-12-15-5-7-16(22)8-6-15/h2-11,13,23H,12H2,1H3,(H,25,27)(H,26,28). The van der Waals surface area contributed by atoms with Crippen LogP contribution in [0.15, 0.2) is 66.9 Å². The van der Waals surface area contributed by atoms with Gasteiger partial charge < -0.3 is 16.0 Å². The molecular weight excluding hydrogens is 359 g/mol. The summed E-state index contributed by atoms with van der Waals surface area (Å²) in [6.07, 6.45) is 1.56. The summed E-state index contributed by atoms with van der Waals surface area (Å²) in [6.45, 7) is 1.93. The van der Waals surface area contributed by atoms with Crippen molar-refractivity contribution < 1.29 is 14.0 Å². The predicted octanol–water partition coefficient (Wildman–Crippen LogP) is 4.04. The van der Waals surface area contributed by atoms with Crippen molar-refractivity contribution in [1.29, 1.82) is 0 Å². The Hall–Kier alpha value is -3.74. The lowest BCUT2D eigenvalue weighted by molar-refractivity contribution is -0.114. The van der Waals surface area contributed by atoms with Gasteiger partial charge in [-0.15, -0.1) is 0 Å². The number of hydrogen-bond acceptors (Lipinski definition) is 4.